The van der Waals surface area contributed by atoms with Crippen molar-refractivity contribution in [2.24, 2.45) is 0 Å². The van der Waals surface area contributed by atoms with E-state index in [0.29, 0.717) is 54.3 Å². The highest BCUT2D eigenvalue weighted by atomic mass is 16.5. The summed E-state index contributed by atoms with van der Waals surface area (Å²) in [5.74, 6) is -0.191. The molecule has 2 amide bonds. The minimum absolute atomic E-state index is 0.000641. The van der Waals surface area contributed by atoms with Crippen LogP contribution in [0.1, 0.15) is 51.3 Å². The molecule has 1 atom stereocenters. The zero-order chi connectivity index (χ0) is 27.1. The summed E-state index contributed by atoms with van der Waals surface area (Å²) >= 11 is 0. The minimum atomic E-state index is -0.491. The molecule has 4 rings (SSSR count). The number of esters is 1. The van der Waals surface area contributed by atoms with E-state index in [0.717, 1.165) is 12.1 Å². The molecule has 3 aromatic rings. The Morgan fingerprint density at radius 3 is 2.26 bits per heavy atom. The molecule has 1 aliphatic heterocycles. The third-order valence-corrected chi connectivity index (χ3v) is 6.60. The first kappa shape index (κ1) is 26.7. The van der Waals surface area contributed by atoms with Gasteiger partial charge in [0.2, 0.25) is 0 Å². The maximum absolute atomic E-state index is 13.3. The van der Waals surface area contributed by atoms with Crippen LogP contribution >= 0.6 is 0 Å². The number of methoxy groups -OCH3 is 1. The van der Waals surface area contributed by atoms with Crippen LogP contribution < -0.4 is 15.0 Å². The van der Waals surface area contributed by atoms with Gasteiger partial charge >= 0.3 is 5.97 Å². The van der Waals surface area contributed by atoms with Crippen molar-refractivity contribution in [1.29, 1.82) is 0 Å². The first-order valence-corrected chi connectivity index (χ1v) is 12.8. The molecule has 1 fully saturated rings. The van der Waals surface area contributed by atoms with Crippen molar-refractivity contribution < 1.29 is 23.9 Å². The molecule has 0 saturated carbocycles. The molecule has 1 aliphatic rings. The van der Waals surface area contributed by atoms with E-state index in [1.807, 2.05) is 55.1 Å². The predicted octanol–water partition coefficient (Wildman–Crippen LogP) is 4.87. The van der Waals surface area contributed by atoms with Gasteiger partial charge in [0.05, 0.1) is 30.2 Å². The van der Waals surface area contributed by atoms with E-state index in [1.165, 1.54) is 7.11 Å². The van der Waals surface area contributed by atoms with Gasteiger partial charge in [-0.15, -0.1) is 0 Å². The van der Waals surface area contributed by atoms with Crippen molar-refractivity contribution in [3.05, 3.63) is 89.5 Å². The average molecular weight is 516 g/mol. The summed E-state index contributed by atoms with van der Waals surface area (Å²) in [4.78, 5) is 42.3. The zero-order valence-corrected chi connectivity index (χ0v) is 22.0. The number of nitrogens with zero attached hydrogens (tertiary/aromatic N) is 2. The molecule has 0 radical (unpaired) electrons. The Hall–Kier alpha value is -4.33. The zero-order valence-electron chi connectivity index (χ0n) is 22.0. The molecular weight excluding hydrogens is 482 g/mol. The van der Waals surface area contributed by atoms with E-state index < -0.39 is 5.97 Å². The monoisotopic (exact) mass is 515 g/mol. The fourth-order valence-corrected chi connectivity index (χ4v) is 4.29. The van der Waals surface area contributed by atoms with Gasteiger partial charge in [0.25, 0.3) is 11.8 Å². The maximum atomic E-state index is 13.3. The SMILES string of the molecule is CC[C@H](C)Oc1cccc(C(=O)Nc2cc(C(=O)OC)ccc2N2CCN(C(=O)c3ccccc3)CC2)c1. The molecule has 198 valence electrons. The highest BCUT2D eigenvalue weighted by Crippen LogP contribution is 2.30. The summed E-state index contributed by atoms with van der Waals surface area (Å²) < 4.78 is 10.8. The van der Waals surface area contributed by atoms with Crippen LogP contribution in [0.5, 0.6) is 5.75 Å². The third-order valence-electron chi connectivity index (χ3n) is 6.60. The topological polar surface area (TPSA) is 88.2 Å². The van der Waals surface area contributed by atoms with E-state index in [2.05, 4.69) is 10.2 Å². The summed E-state index contributed by atoms with van der Waals surface area (Å²) in [6.45, 7) is 6.25. The fraction of sp³-hybridized carbons (Fsp3) is 0.300. The van der Waals surface area contributed by atoms with Gasteiger partial charge in [0.1, 0.15) is 5.75 Å². The molecule has 8 nitrogen and oxygen atoms in total. The van der Waals surface area contributed by atoms with Crippen molar-refractivity contribution in [3.8, 4) is 5.75 Å². The van der Waals surface area contributed by atoms with E-state index in [9.17, 15) is 14.4 Å². The molecule has 0 aliphatic carbocycles. The Morgan fingerprint density at radius 1 is 0.868 bits per heavy atom. The summed E-state index contributed by atoms with van der Waals surface area (Å²) in [6.07, 6.45) is 0.883. The molecule has 1 N–H and O–H groups in total. The van der Waals surface area contributed by atoms with Crippen LogP contribution in [0.15, 0.2) is 72.8 Å². The lowest BCUT2D eigenvalue weighted by molar-refractivity contribution is 0.0600. The number of piperazine rings is 1. The van der Waals surface area contributed by atoms with Crippen LogP contribution in [-0.4, -0.2) is 62.1 Å². The number of hydrogen-bond acceptors (Lipinski definition) is 6. The van der Waals surface area contributed by atoms with Crippen molar-refractivity contribution >= 4 is 29.2 Å². The molecule has 38 heavy (non-hydrogen) atoms. The minimum Gasteiger partial charge on any atom is -0.491 e. The van der Waals surface area contributed by atoms with Gasteiger partial charge in [-0.3, -0.25) is 9.59 Å². The maximum Gasteiger partial charge on any atom is 0.337 e. The van der Waals surface area contributed by atoms with Gasteiger partial charge in [-0.25, -0.2) is 4.79 Å². The molecular formula is C30H33N3O5. The van der Waals surface area contributed by atoms with Crippen molar-refractivity contribution in [3.63, 3.8) is 0 Å². The largest absolute Gasteiger partial charge is 0.491 e. The van der Waals surface area contributed by atoms with Gasteiger partial charge < -0.3 is 24.6 Å². The molecule has 1 heterocycles. The summed E-state index contributed by atoms with van der Waals surface area (Å²) in [6, 6.07) is 21.4. The third kappa shape index (κ3) is 6.32. The Kier molecular flexibility index (Phi) is 8.63. The summed E-state index contributed by atoms with van der Waals surface area (Å²) in [5.41, 5.74) is 2.70. The summed E-state index contributed by atoms with van der Waals surface area (Å²) in [5, 5.41) is 2.97. The highest BCUT2D eigenvalue weighted by Gasteiger charge is 2.25. The Bertz CT molecular complexity index is 1290. The molecule has 0 bridgehead atoms. The number of carbonyl (C=O) groups excluding carboxylic acids is 3. The smallest absolute Gasteiger partial charge is 0.337 e. The van der Waals surface area contributed by atoms with Crippen molar-refractivity contribution in [1.82, 2.24) is 4.90 Å². The Morgan fingerprint density at radius 2 is 1.58 bits per heavy atom. The number of amides is 2. The van der Waals surface area contributed by atoms with Crippen LogP contribution in [-0.2, 0) is 4.74 Å². The van der Waals surface area contributed by atoms with Crippen LogP contribution in [0.4, 0.5) is 11.4 Å². The fourth-order valence-electron chi connectivity index (χ4n) is 4.29. The number of hydrogen-bond donors (Lipinski definition) is 1. The second-order valence-corrected chi connectivity index (χ2v) is 9.19. The molecule has 1 saturated heterocycles. The lowest BCUT2D eigenvalue weighted by Gasteiger charge is -2.37. The van der Waals surface area contributed by atoms with Gasteiger partial charge in [0.15, 0.2) is 0 Å². The van der Waals surface area contributed by atoms with Gasteiger partial charge in [-0.1, -0.05) is 31.2 Å². The molecule has 8 heteroatoms. The number of anilines is 2. The number of benzene rings is 3. The number of carbonyl (C=O) groups is 3. The number of rotatable bonds is 8. The average Bonchev–Trinajstić information content (AvgIpc) is 2.97. The van der Waals surface area contributed by atoms with Gasteiger partial charge in [0, 0.05) is 37.3 Å². The second-order valence-electron chi connectivity index (χ2n) is 9.19. The van der Waals surface area contributed by atoms with Gasteiger partial charge in [-0.05, 0) is 61.9 Å². The second kappa shape index (κ2) is 12.3. The van der Waals surface area contributed by atoms with Crippen LogP contribution in [0.2, 0.25) is 0 Å². The molecule has 0 unspecified atom stereocenters. The number of nitrogens with one attached hydrogen (secondary N) is 1. The molecule has 0 spiro atoms. The standard InChI is InChI=1S/C30H33N3O5/c1-4-21(2)38-25-12-8-11-23(19-25)28(34)31-26-20-24(30(36)37-3)13-14-27(26)32-15-17-33(18-16-32)29(35)22-9-6-5-7-10-22/h5-14,19-21H,4,15-18H2,1-3H3,(H,31,34)/t21-/m0/s1. The van der Waals surface area contributed by atoms with Crippen molar-refractivity contribution in [2.45, 2.75) is 26.4 Å². The van der Waals surface area contributed by atoms with Gasteiger partial charge in [-0.2, -0.15) is 0 Å². The van der Waals surface area contributed by atoms with E-state index in [1.54, 1.807) is 36.4 Å². The first-order valence-electron chi connectivity index (χ1n) is 12.8. The Labute approximate surface area is 223 Å². The first-order chi connectivity index (χ1) is 18.4. The van der Waals surface area contributed by atoms with Crippen LogP contribution in [0, 0.1) is 0 Å². The lowest BCUT2D eigenvalue weighted by Crippen LogP contribution is -2.49. The van der Waals surface area contributed by atoms with E-state index in [-0.39, 0.29) is 17.9 Å². The Balaban J connectivity index is 1.53. The number of ether oxygens (including phenoxy) is 2. The van der Waals surface area contributed by atoms with E-state index >= 15 is 0 Å². The lowest BCUT2D eigenvalue weighted by atomic mass is 10.1. The van der Waals surface area contributed by atoms with E-state index in [4.69, 9.17) is 9.47 Å². The quantitative estimate of drug-likeness (QED) is 0.431. The molecule has 3 aromatic carbocycles. The van der Waals surface area contributed by atoms with Crippen LogP contribution in [0.3, 0.4) is 0 Å². The molecule has 0 aromatic heterocycles. The van der Waals surface area contributed by atoms with Crippen LogP contribution in [0.25, 0.3) is 0 Å². The highest BCUT2D eigenvalue weighted by molar-refractivity contribution is 6.07. The summed E-state index contributed by atoms with van der Waals surface area (Å²) in [7, 11) is 1.32. The van der Waals surface area contributed by atoms with Crippen molar-refractivity contribution in [2.75, 3.05) is 43.5 Å². The normalized spacial score (nSPS) is 14.0. The predicted molar refractivity (Wildman–Crippen MR) is 147 cm³/mol.